The van der Waals surface area contributed by atoms with Gasteiger partial charge in [0.1, 0.15) is 6.54 Å². The minimum atomic E-state index is -4.74. The van der Waals surface area contributed by atoms with E-state index >= 15 is 0 Å². The largest absolute Gasteiger partial charge is 0.435 e. The average Bonchev–Trinajstić information content (AvgIpc) is 3.13. The number of hydrogen-bond acceptors (Lipinski definition) is 3. The van der Waals surface area contributed by atoms with Crippen LogP contribution in [0, 0.1) is 0 Å². The summed E-state index contributed by atoms with van der Waals surface area (Å²) in [7, 11) is 0. The molecule has 4 nitrogen and oxygen atoms in total. The van der Waals surface area contributed by atoms with Crippen LogP contribution in [-0.2, 0) is 10.4 Å². The fourth-order valence-corrected chi connectivity index (χ4v) is 2.86. The minimum absolute atomic E-state index is 0.00780. The molecule has 0 spiro atoms. The number of nitrogens with one attached hydrogen (secondary N) is 1. The Balaban J connectivity index is 1.78. The van der Waals surface area contributed by atoms with Crippen LogP contribution in [0.2, 0.25) is 0 Å². The lowest BCUT2D eigenvalue weighted by Gasteiger charge is -2.29. The number of oxime groups is 1. The van der Waals surface area contributed by atoms with Crippen molar-refractivity contribution in [2.45, 2.75) is 24.4 Å². The summed E-state index contributed by atoms with van der Waals surface area (Å²) < 4.78 is 77.9. The van der Waals surface area contributed by atoms with Gasteiger partial charge < -0.3 is 10.2 Å². The van der Waals surface area contributed by atoms with Crippen molar-refractivity contribution >= 4 is 11.6 Å². The first kappa shape index (κ1) is 20.7. The van der Waals surface area contributed by atoms with Gasteiger partial charge in [0.05, 0.1) is 5.71 Å². The van der Waals surface area contributed by atoms with Crippen LogP contribution in [0.1, 0.15) is 27.9 Å². The van der Waals surface area contributed by atoms with E-state index in [-0.39, 0.29) is 22.4 Å². The number of hydrogen-bond donors (Lipinski definition) is 1. The zero-order valence-corrected chi connectivity index (χ0v) is 14.6. The second-order valence-electron chi connectivity index (χ2n) is 6.37. The molecule has 10 heteroatoms. The summed E-state index contributed by atoms with van der Waals surface area (Å²) in [5.74, 6) is -0.951. The van der Waals surface area contributed by atoms with Crippen LogP contribution >= 0.6 is 0 Å². The molecule has 2 aromatic carbocycles. The first-order valence-corrected chi connectivity index (χ1v) is 8.34. The maximum absolute atomic E-state index is 13.8. The molecule has 1 N–H and O–H groups in total. The van der Waals surface area contributed by atoms with E-state index in [2.05, 4.69) is 5.16 Å². The van der Waals surface area contributed by atoms with E-state index < -0.39 is 36.8 Å². The molecule has 1 aliphatic rings. The second-order valence-corrected chi connectivity index (χ2v) is 6.37. The molecule has 154 valence electrons. The summed E-state index contributed by atoms with van der Waals surface area (Å²) in [5.41, 5.74) is -2.53. The monoisotopic (exact) mass is 416 g/mol. The maximum Gasteiger partial charge on any atom is 0.435 e. The SMILES string of the molecule is O=C(NCC(F)(F)F)c1ccc(C2=NOC(c3ccccc3)(C(F)(F)F)C2)cc1. The Morgan fingerprint density at radius 3 is 2.17 bits per heavy atom. The predicted octanol–water partition coefficient (Wildman–Crippen LogP) is 4.56. The number of benzene rings is 2. The summed E-state index contributed by atoms with van der Waals surface area (Å²) >= 11 is 0. The van der Waals surface area contributed by atoms with Gasteiger partial charge in [0.15, 0.2) is 0 Å². The van der Waals surface area contributed by atoms with Gasteiger partial charge in [-0.15, -0.1) is 0 Å². The van der Waals surface area contributed by atoms with Gasteiger partial charge >= 0.3 is 12.4 Å². The van der Waals surface area contributed by atoms with Gasteiger partial charge in [-0.05, 0) is 17.7 Å². The summed E-state index contributed by atoms with van der Waals surface area (Å²) in [6, 6.07) is 12.1. The number of alkyl halides is 6. The van der Waals surface area contributed by atoms with Crippen molar-refractivity contribution in [1.29, 1.82) is 0 Å². The molecule has 29 heavy (non-hydrogen) atoms. The molecule has 0 bridgehead atoms. The molecule has 1 aliphatic heterocycles. The molecule has 2 aromatic rings. The summed E-state index contributed by atoms with van der Waals surface area (Å²) in [6.45, 7) is -1.49. The van der Waals surface area contributed by atoms with E-state index in [1.807, 2.05) is 0 Å². The topological polar surface area (TPSA) is 50.7 Å². The third-order valence-corrected chi connectivity index (χ3v) is 4.36. The molecule has 3 rings (SSSR count). The Morgan fingerprint density at radius 1 is 1.00 bits per heavy atom. The lowest BCUT2D eigenvalue weighted by molar-refractivity contribution is -0.275. The lowest BCUT2D eigenvalue weighted by Crippen LogP contribution is -2.42. The lowest BCUT2D eigenvalue weighted by atomic mass is 9.86. The first-order chi connectivity index (χ1) is 13.5. The Labute approximate surface area is 161 Å². The van der Waals surface area contributed by atoms with Crippen molar-refractivity contribution in [2.75, 3.05) is 6.54 Å². The van der Waals surface area contributed by atoms with Gasteiger partial charge in [0.25, 0.3) is 11.5 Å². The van der Waals surface area contributed by atoms with E-state index in [0.29, 0.717) is 0 Å². The molecule has 0 fully saturated rings. The molecule has 0 saturated heterocycles. The summed E-state index contributed by atoms with van der Waals surface area (Å²) in [6.07, 6.45) is -9.87. The Morgan fingerprint density at radius 2 is 1.62 bits per heavy atom. The van der Waals surface area contributed by atoms with E-state index in [9.17, 15) is 31.1 Å². The van der Waals surface area contributed by atoms with Crippen LogP contribution in [0.25, 0.3) is 0 Å². The Hall–Kier alpha value is -3.04. The van der Waals surface area contributed by atoms with Crippen molar-refractivity contribution in [3.8, 4) is 0 Å². The van der Waals surface area contributed by atoms with Crippen molar-refractivity contribution < 1.29 is 36.0 Å². The van der Waals surface area contributed by atoms with Crippen LogP contribution in [0.15, 0.2) is 59.8 Å². The van der Waals surface area contributed by atoms with Gasteiger partial charge in [0, 0.05) is 17.5 Å². The average molecular weight is 416 g/mol. The highest BCUT2D eigenvalue weighted by molar-refractivity contribution is 6.03. The normalized spacial score (nSPS) is 19.4. The number of amides is 1. The molecule has 0 saturated carbocycles. The third kappa shape index (κ3) is 4.36. The van der Waals surface area contributed by atoms with Gasteiger partial charge in [-0.1, -0.05) is 47.6 Å². The van der Waals surface area contributed by atoms with Crippen LogP contribution in [0.5, 0.6) is 0 Å². The number of carbonyl (C=O) groups excluding carboxylic acids is 1. The second kappa shape index (κ2) is 7.41. The smallest absolute Gasteiger partial charge is 0.374 e. The molecular weight excluding hydrogens is 402 g/mol. The van der Waals surface area contributed by atoms with Crippen LogP contribution in [-0.4, -0.2) is 30.5 Å². The zero-order chi connectivity index (χ0) is 21.3. The van der Waals surface area contributed by atoms with Gasteiger partial charge in [-0.3, -0.25) is 4.79 Å². The predicted molar refractivity (Wildman–Crippen MR) is 91.2 cm³/mol. The van der Waals surface area contributed by atoms with E-state index in [1.54, 1.807) is 11.4 Å². The molecule has 1 unspecified atom stereocenters. The number of carbonyl (C=O) groups is 1. The minimum Gasteiger partial charge on any atom is -0.374 e. The number of nitrogens with zero attached hydrogens (tertiary/aromatic N) is 1. The van der Waals surface area contributed by atoms with E-state index in [0.717, 1.165) is 0 Å². The van der Waals surface area contributed by atoms with Gasteiger partial charge in [-0.2, -0.15) is 26.3 Å². The van der Waals surface area contributed by atoms with Crippen LogP contribution < -0.4 is 5.32 Å². The van der Waals surface area contributed by atoms with Crippen LogP contribution in [0.4, 0.5) is 26.3 Å². The highest BCUT2D eigenvalue weighted by Gasteiger charge is 2.62. The van der Waals surface area contributed by atoms with Crippen molar-refractivity contribution in [1.82, 2.24) is 5.32 Å². The highest BCUT2D eigenvalue weighted by Crippen LogP contribution is 2.48. The molecular formula is C19H14F6N2O2. The van der Waals surface area contributed by atoms with Gasteiger partial charge in [-0.25, -0.2) is 0 Å². The molecule has 0 aliphatic carbocycles. The van der Waals surface area contributed by atoms with Crippen molar-refractivity contribution in [3.63, 3.8) is 0 Å². The van der Waals surface area contributed by atoms with Crippen molar-refractivity contribution in [3.05, 3.63) is 71.3 Å². The Bertz CT molecular complexity index is 907. The molecule has 1 amide bonds. The fraction of sp³-hybridized carbons (Fsp3) is 0.263. The highest BCUT2D eigenvalue weighted by atomic mass is 19.4. The molecule has 0 aromatic heterocycles. The number of rotatable bonds is 4. The third-order valence-electron chi connectivity index (χ3n) is 4.36. The number of halogens is 6. The van der Waals surface area contributed by atoms with Crippen LogP contribution in [0.3, 0.4) is 0 Å². The zero-order valence-electron chi connectivity index (χ0n) is 14.6. The van der Waals surface area contributed by atoms with E-state index in [1.165, 1.54) is 48.5 Å². The fourth-order valence-electron chi connectivity index (χ4n) is 2.86. The summed E-state index contributed by atoms with van der Waals surface area (Å²) in [4.78, 5) is 16.6. The van der Waals surface area contributed by atoms with E-state index in [4.69, 9.17) is 4.84 Å². The molecule has 1 atom stereocenters. The first-order valence-electron chi connectivity index (χ1n) is 8.34. The maximum atomic E-state index is 13.8. The standard InChI is InChI=1S/C19H14F6N2O2/c20-18(21,22)11-26-16(28)13-8-6-12(7-9-13)15-10-17(29-27-15,19(23,24)25)14-4-2-1-3-5-14/h1-9H,10-11H2,(H,26,28). The molecule has 1 heterocycles. The van der Waals surface area contributed by atoms with Gasteiger partial charge in [0.2, 0.25) is 0 Å². The Kier molecular flexibility index (Phi) is 5.29. The summed E-state index contributed by atoms with van der Waals surface area (Å²) in [5, 5.41) is 5.31. The quantitative estimate of drug-likeness (QED) is 0.743. The molecule has 0 radical (unpaired) electrons. The van der Waals surface area contributed by atoms with Crippen molar-refractivity contribution in [2.24, 2.45) is 5.16 Å².